The minimum atomic E-state index is -3.17. The van der Waals surface area contributed by atoms with Gasteiger partial charge in [0, 0.05) is 26.2 Å². The fraction of sp³-hybridized carbons (Fsp3) is 0.900. The van der Waals surface area contributed by atoms with Crippen molar-refractivity contribution in [2.75, 3.05) is 52.1 Å². The predicted molar refractivity (Wildman–Crippen MR) is 69.8 cm³/mol. The number of nitrogens with zero attached hydrogens (tertiary/aromatic N) is 1. The maximum Gasteiger partial charge on any atom is 0.234 e. The molecule has 1 fully saturated rings. The van der Waals surface area contributed by atoms with Crippen LogP contribution in [0.1, 0.15) is 6.42 Å². The number of rotatable bonds is 6. The van der Waals surface area contributed by atoms with Crippen LogP contribution in [0.25, 0.3) is 0 Å². The number of nitrogens with one attached hydrogen (secondary N) is 3. The second kappa shape index (κ2) is 7.67. The molecule has 1 saturated heterocycles. The van der Waals surface area contributed by atoms with Crippen molar-refractivity contribution in [2.24, 2.45) is 0 Å². The Morgan fingerprint density at radius 3 is 2.78 bits per heavy atom. The molecule has 1 aliphatic rings. The van der Waals surface area contributed by atoms with Gasteiger partial charge >= 0.3 is 0 Å². The van der Waals surface area contributed by atoms with Crippen LogP contribution >= 0.6 is 0 Å². The fourth-order valence-electron chi connectivity index (χ4n) is 1.76. The van der Waals surface area contributed by atoms with E-state index in [-0.39, 0.29) is 12.5 Å². The highest BCUT2D eigenvalue weighted by atomic mass is 32.2. The second-order valence-corrected chi connectivity index (χ2v) is 6.23. The second-order valence-electron chi connectivity index (χ2n) is 4.40. The third-order valence-electron chi connectivity index (χ3n) is 2.61. The Morgan fingerprint density at radius 2 is 2.06 bits per heavy atom. The summed E-state index contributed by atoms with van der Waals surface area (Å²) in [6, 6.07) is 0. The van der Waals surface area contributed by atoms with Crippen LogP contribution in [0.5, 0.6) is 0 Å². The van der Waals surface area contributed by atoms with Gasteiger partial charge < -0.3 is 10.6 Å². The zero-order valence-electron chi connectivity index (χ0n) is 10.7. The molecule has 7 nitrogen and oxygen atoms in total. The standard InChI is InChI=1S/C10H22N4O3S/c1-18(16,17)13-5-4-12-10(15)9-14-7-2-3-11-6-8-14/h11,13H,2-9H2,1H3,(H,12,15). The van der Waals surface area contributed by atoms with Crippen LogP contribution in [-0.2, 0) is 14.8 Å². The van der Waals surface area contributed by atoms with Gasteiger partial charge in [-0.05, 0) is 19.5 Å². The smallest absolute Gasteiger partial charge is 0.234 e. The van der Waals surface area contributed by atoms with E-state index >= 15 is 0 Å². The van der Waals surface area contributed by atoms with Crippen molar-refractivity contribution in [1.82, 2.24) is 20.3 Å². The van der Waals surface area contributed by atoms with Crippen molar-refractivity contribution in [3.8, 4) is 0 Å². The highest BCUT2D eigenvalue weighted by Crippen LogP contribution is 1.94. The van der Waals surface area contributed by atoms with Gasteiger partial charge in [-0.3, -0.25) is 9.69 Å². The summed E-state index contributed by atoms with van der Waals surface area (Å²) >= 11 is 0. The molecule has 18 heavy (non-hydrogen) atoms. The number of amides is 1. The minimum absolute atomic E-state index is 0.0628. The molecule has 0 bridgehead atoms. The van der Waals surface area contributed by atoms with Crippen LogP contribution in [0.4, 0.5) is 0 Å². The lowest BCUT2D eigenvalue weighted by atomic mass is 10.4. The normalized spacial score (nSPS) is 18.3. The van der Waals surface area contributed by atoms with E-state index in [1.54, 1.807) is 0 Å². The number of hydrogen-bond acceptors (Lipinski definition) is 5. The quantitative estimate of drug-likeness (QED) is 0.486. The molecule has 106 valence electrons. The van der Waals surface area contributed by atoms with Crippen LogP contribution in [0.3, 0.4) is 0 Å². The van der Waals surface area contributed by atoms with Gasteiger partial charge in [-0.15, -0.1) is 0 Å². The Bertz CT molecular complexity index is 350. The molecule has 3 N–H and O–H groups in total. The molecule has 0 aliphatic carbocycles. The molecule has 1 heterocycles. The molecule has 8 heteroatoms. The molecule has 0 aromatic rings. The van der Waals surface area contributed by atoms with Crippen molar-refractivity contribution >= 4 is 15.9 Å². The monoisotopic (exact) mass is 278 g/mol. The Kier molecular flexibility index (Phi) is 6.55. The van der Waals surface area contributed by atoms with Crippen molar-refractivity contribution in [2.45, 2.75) is 6.42 Å². The summed E-state index contributed by atoms with van der Waals surface area (Å²) in [5.74, 6) is -0.0628. The molecule has 1 aliphatic heterocycles. The SMILES string of the molecule is CS(=O)(=O)NCCNC(=O)CN1CCCNCC1. The summed E-state index contributed by atoms with van der Waals surface area (Å²) in [7, 11) is -3.17. The molecule has 0 radical (unpaired) electrons. The van der Waals surface area contributed by atoms with Crippen LogP contribution in [-0.4, -0.2) is 71.3 Å². The average molecular weight is 278 g/mol. The molecular formula is C10H22N4O3S. The first-order valence-corrected chi connectivity index (χ1v) is 8.01. The van der Waals surface area contributed by atoms with E-state index in [1.807, 2.05) is 0 Å². The molecule has 1 rings (SSSR count). The van der Waals surface area contributed by atoms with E-state index in [9.17, 15) is 13.2 Å². The summed E-state index contributed by atoms with van der Waals surface area (Å²) in [5, 5.41) is 5.96. The summed E-state index contributed by atoms with van der Waals surface area (Å²) in [6.45, 7) is 4.61. The van der Waals surface area contributed by atoms with Gasteiger partial charge in [0.25, 0.3) is 0 Å². The van der Waals surface area contributed by atoms with Crippen molar-refractivity contribution in [3.05, 3.63) is 0 Å². The Morgan fingerprint density at radius 1 is 1.28 bits per heavy atom. The fourth-order valence-corrected chi connectivity index (χ4v) is 2.23. The lowest BCUT2D eigenvalue weighted by molar-refractivity contribution is -0.122. The zero-order valence-corrected chi connectivity index (χ0v) is 11.6. The summed E-state index contributed by atoms with van der Waals surface area (Å²) < 4.78 is 23.9. The number of carbonyl (C=O) groups excluding carboxylic acids is 1. The summed E-state index contributed by atoms with van der Waals surface area (Å²) in [4.78, 5) is 13.7. The Balaban J connectivity index is 2.13. The molecule has 1 amide bonds. The first-order chi connectivity index (χ1) is 8.47. The van der Waals surface area contributed by atoms with Crippen LogP contribution < -0.4 is 15.4 Å². The summed E-state index contributed by atoms with van der Waals surface area (Å²) in [6.07, 6.45) is 2.14. The van der Waals surface area contributed by atoms with Crippen molar-refractivity contribution < 1.29 is 13.2 Å². The lowest BCUT2D eigenvalue weighted by Crippen LogP contribution is -2.41. The van der Waals surface area contributed by atoms with Gasteiger partial charge in [-0.2, -0.15) is 0 Å². The Labute approximate surface area is 108 Å². The third-order valence-corrected chi connectivity index (χ3v) is 3.34. The third kappa shape index (κ3) is 7.59. The number of sulfonamides is 1. The first-order valence-electron chi connectivity index (χ1n) is 6.12. The average Bonchev–Trinajstić information content (AvgIpc) is 2.52. The first kappa shape index (κ1) is 15.4. The van der Waals surface area contributed by atoms with Crippen molar-refractivity contribution in [3.63, 3.8) is 0 Å². The van der Waals surface area contributed by atoms with E-state index in [0.717, 1.165) is 38.9 Å². The molecule has 0 atom stereocenters. The maximum atomic E-state index is 11.6. The van der Waals surface area contributed by atoms with Gasteiger partial charge in [0.1, 0.15) is 0 Å². The topological polar surface area (TPSA) is 90.5 Å². The van der Waals surface area contributed by atoms with E-state index in [0.29, 0.717) is 13.1 Å². The number of hydrogen-bond donors (Lipinski definition) is 3. The largest absolute Gasteiger partial charge is 0.354 e. The maximum absolute atomic E-state index is 11.6. The predicted octanol–water partition coefficient (Wildman–Crippen LogP) is -2.05. The number of carbonyl (C=O) groups is 1. The van der Waals surface area contributed by atoms with E-state index in [2.05, 4.69) is 20.3 Å². The minimum Gasteiger partial charge on any atom is -0.354 e. The molecular weight excluding hydrogens is 256 g/mol. The molecule has 0 aromatic carbocycles. The summed E-state index contributed by atoms with van der Waals surface area (Å²) in [5.41, 5.74) is 0. The van der Waals surface area contributed by atoms with Crippen molar-refractivity contribution in [1.29, 1.82) is 0 Å². The molecule has 0 unspecified atom stereocenters. The van der Waals surface area contributed by atoms with Crippen LogP contribution in [0.15, 0.2) is 0 Å². The van der Waals surface area contributed by atoms with Gasteiger partial charge in [0.2, 0.25) is 15.9 Å². The van der Waals surface area contributed by atoms with E-state index < -0.39 is 10.0 Å². The highest BCUT2D eigenvalue weighted by Gasteiger charge is 2.12. The van der Waals surface area contributed by atoms with Gasteiger partial charge in [-0.25, -0.2) is 13.1 Å². The van der Waals surface area contributed by atoms with Crippen LogP contribution in [0.2, 0.25) is 0 Å². The van der Waals surface area contributed by atoms with Crippen LogP contribution in [0, 0.1) is 0 Å². The van der Waals surface area contributed by atoms with E-state index in [4.69, 9.17) is 0 Å². The molecule has 0 aromatic heterocycles. The molecule has 0 saturated carbocycles. The van der Waals surface area contributed by atoms with Gasteiger partial charge in [0.15, 0.2) is 0 Å². The Hall–Kier alpha value is -0.700. The van der Waals surface area contributed by atoms with Gasteiger partial charge in [-0.1, -0.05) is 0 Å². The molecule has 0 spiro atoms. The van der Waals surface area contributed by atoms with E-state index in [1.165, 1.54) is 0 Å². The highest BCUT2D eigenvalue weighted by molar-refractivity contribution is 7.88. The zero-order chi connectivity index (χ0) is 13.4. The van der Waals surface area contributed by atoms with Gasteiger partial charge in [0.05, 0.1) is 12.8 Å². The lowest BCUT2D eigenvalue weighted by Gasteiger charge is -2.18.